The third-order valence-corrected chi connectivity index (χ3v) is 6.26. The highest BCUT2D eigenvalue weighted by atomic mass is 35.5. The van der Waals surface area contributed by atoms with Crippen LogP contribution in [0.3, 0.4) is 0 Å². The number of hydrogen-bond donors (Lipinski definition) is 2. The van der Waals surface area contributed by atoms with Crippen molar-refractivity contribution in [3.8, 4) is 17.1 Å². The molecule has 0 aliphatic carbocycles. The fraction of sp³-hybridized carbons (Fsp3) is 0.292. The SMILES string of the molecule is COc1ccc2[nH]cc(CC(=O)Nc3ccc(Cl)c(-c4nnc5n4CCCCC5)c3)c2c1. The van der Waals surface area contributed by atoms with Crippen LogP contribution in [-0.4, -0.2) is 32.8 Å². The molecular formula is C24H24ClN5O2. The molecule has 0 spiro atoms. The topological polar surface area (TPSA) is 84.8 Å². The lowest BCUT2D eigenvalue weighted by Crippen LogP contribution is -2.14. The van der Waals surface area contributed by atoms with Gasteiger partial charge in [0.2, 0.25) is 5.91 Å². The number of amides is 1. The first-order chi connectivity index (χ1) is 15.6. The number of aromatic nitrogens is 4. The van der Waals surface area contributed by atoms with Crippen LogP contribution in [0.2, 0.25) is 5.02 Å². The number of anilines is 1. The Kier molecular flexibility index (Phi) is 5.57. The quantitative estimate of drug-likeness (QED) is 0.449. The molecule has 7 nitrogen and oxygen atoms in total. The van der Waals surface area contributed by atoms with Crippen LogP contribution in [0.1, 0.15) is 30.7 Å². The molecule has 164 valence electrons. The Morgan fingerprint density at radius 2 is 2.09 bits per heavy atom. The lowest BCUT2D eigenvalue weighted by molar-refractivity contribution is -0.115. The zero-order chi connectivity index (χ0) is 22.1. The molecule has 1 aliphatic rings. The minimum atomic E-state index is -0.109. The van der Waals surface area contributed by atoms with Crippen molar-refractivity contribution >= 4 is 34.1 Å². The molecule has 0 unspecified atom stereocenters. The van der Waals surface area contributed by atoms with Gasteiger partial charge in [0, 0.05) is 41.3 Å². The first-order valence-electron chi connectivity index (χ1n) is 10.8. The molecule has 0 saturated heterocycles. The highest BCUT2D eigenvalue weighted by Gasteiger charge is 2.19. The van der Waals surface area contributed by atoms with E-state index in [1.165, 1.54) is 6.42 Å². The summed E-state index contributed by atoms with van der Waals surface area (Å²) in [5.74, 6) is 2.40. The van der Waals surface area contributed by atoms with Crippen molar-refractivity contribution in [2.24, 2.45) is 0 Å². The Hall–Kier alpha value is -3.32. The second-order valence-electron chi connectivity index (χ2n) is 8.05. The summed E-state index contributed by atoms with van der Waals surface area (Å²) in [6.45, 7) is 0.884. The van der Waals surface area contributed by atoms with Crippen LogP contribution >= 0.6 is 11.6 Å². The Morgan fingerprint density at radius 1 is 1.19 bits per heavy atom. The van der Waals surface area contributed by atoms with E-state index in [0.717, 1.165) is 65.2 Å². The highest BCUT2D eigenvalue weighted by molar-refractivity contribution is 6.33. The number of H-pyrrole nitrogens is 1. The number of halogens is 1. The van der Waals surface area contributed by atoms with Crippen molar-refractivity contribution in [3.05, 3.63) is 59.0 Å². The molecule has 32 heavy (non-hydrogen) atoms. The summed E-state index contributed by atoms with van der Waals surface area (Å²) >= 11 is 6.51. The lowest BCUT2D eigenvalue weighted by atomic mass is 10.1. The minimum Gasteiger partial charge on any atom is -0.497 e. The molecule has 0 saturated carbocycles. The lowest BCUT2D eigenvalue weighted by Gasteiger charge is -2.11. The summed E-state index contributed by atoms with van der Waals surface area (Å²) in [6.07, 6.45) is 6.44. The van der Waals surface area contributed by atoms with Crippen molar-refractivity contribution in [3.63, 3.8) is 0 Å². The number of methoxy groups -OCH3 is 1. The molecule has 0 radical (unpaired) electrons. The van der Waals surface area contributed by atoms with E-state index >= 15 is 0 Å². The van der Waals surface area contributed by atoms with Crippen molar-refractivity contribution in [2.45, 2.75) is 38.6 Å². The van der Waals surface area contributed by atoms with Gasteiger partial charge in [0.15, 0.2) is 5.82 Å². The van der Waals surface area contributed by atoms with E-state index in [-0.39, 0.29) is 12.3 Å². The molecule has 0 fully saturated rings. The van der Waals surface area contributed by atoms with Gasteiger partial charge in [-0.3, -0.25) is 4.79 Å². The van der Waals surface area contributed by atoms with Crippen LogP contribution in [0.15, 0.2) is 42.6 Å². The van der Waals surface area contributed by atoms with Gasteiger partial charge in [-0.25, -0.2) is 0 Å². The molecule has 4 aromatic rings. The third kappa shape index (κ3) is 3.96. The van der Waals surface area contributed by atoms with E-state index in [1.807, 2.05) is 36.5 Å². The van der Waals surface area contributed by atoms with E-state index in [4.69, 9.17) is 16.3 Å². The van der Waals surface area contributed by atoms with E-state index in [0.29, 0.717) is 10.7 Å². The average Bonchev–Trinajstić information content (AvgIpc) is 3.30. The first-order valence-corrected chi connectivity index (χ1v) is 11.2. The highest BCUT2D eigenvalue weighted by Crippen LogP contribution is 2.31. The van der Waals surface area contributed by atoms with E-state index in [1.54, 1.807) is 13.2 Å². The summed E-state index contributed by atoms with van der Waals surface area (Å²) in [6, 6.07) is 11.3. The van der Waals surface area contributed by atoms with Crippen LogP contribution in [0.5, 0.6) is 5.75 Å². The Balaban J connectivity index is 1.38. The predicted molar refractivity (Wildman–Crippen MR) is 125 cm³/mol. The minimum absolute atomic E-state index is 0.109. The zero-order valence-corrected chi connectivity index (χ0v) is 18.6. The number of nitrogens with zero attached hydrogens (tertiary/aromatic N) is 3. The largest absolute Gasteiger partial charge is 0.497 e. The van der Waals surface area contributed by atoms with Crippen LogP contribution in [0, 0.1) is 0 Å². The second-order valence-corrected chi connectivity index (χ2v) is 8.45. The summed E-state index contributed by atoms with van der Waals surface area (Å²) in [5.41, 5.74) is 3.34. The molecule has 3 heterocycles. The van der Waals surface area contributed by atoms with Gasteiger partial charge in [0.25, 0.3) is 0 Å². The number of rotatable bonds is 5. The fourth-order valence-electron chi connectivity index (χ4n) is 4.27. The summed E-state index contributed by atoms with van der Waals surface area (Å²) in [5, 5.41) is 13.3. The fourth-order valence-corrected chi connectivity index (χ4v) is 4.47. The molecule has 2 aromatic heterocycles. The van der Waals surface area contributed by atoms with Gasteiger partial charge in [0.05, 0.1) is 18.6 Å². The van der Waals surface area contributed by atoms with Crippen LogP contribution < -0.4 is 10.1 Å². The molecule has 8 heteroatoms. The maximum atomic E-state index is 12.8. The Labute approximate surface area is 190 Å². The second kappa shape index (κ2) is 8.67. The molecule has 5 rings (SSSR count). The predicted octanol–water partition coefficient (Wildman–Crippen LogP) is 5.00. The summed E-state index contributed by atoms with van der Waals surface area (Å²) in [7, 11) is 1.63. The summed E-state index contributed by atoms with van der Waals surface area (Å²) in [4.78, 5) is 16.0. The van der Waals surface area contributed by atoms with Crippen molar-refractivity contribution in [1.29, 1.82) is 0 Å². The number of hydrogen-bond acceptors (Lipinski definition) is 4. The van der Waals surface area contributed by atoms with Gasteiger partial charge in [0.1, 0.15) is 11.6 Å². The first kappa shape index (κ1) is 20.6. The number of aryl methyl sites for hydroxylation is 1. The Bertz CT molecular complexity index is 1290. The van der Waals surface area contributed by atoms with Crippen LogP contribution in [-0.2, 0) is 24.2 Å². The molecule has 0 bridgehead atoms. The number of carbonyl (C=O) groups is 1. The number of benzene rings is 2. The van der Waals surface area contributed by atoms with Crippen LogP contribution in [0.25, 0.3) is 22.3 Å². The van der Waals surface area contributed by atoms with Gasteiger partial charge in [-0.1, -0.05) is 18.0 Å². The van der Waals surface area contributed by atoms with Gasteiger partial charge >= 0.3 is 0 Å². The number of ether oxygens (including phenoxy) is 1. The molecule has 2 N–H and O–H groups in total. The average molecular weight is 450 g/mol. The standard InChI is InChI=1S/C24H24ClN5O2/c1-32-17-7-9-21-18(13-17)15(14-26-21)11-23(31)27-16-6-8-20(25)19(12-16)24-29-28-22-5-3-2-4-10-30(22)24/h6-9,12-14,26H,2-5,10-11H2,1H3,(H,27,31). The van der Waals surface area contributed by atoms with Crippen molar-refractivity contribution in [2.75, 3.05) is 12.4 Å². The maximum absolute atomic E-state index is 12.8. The van der Waals surface area contributed by atoms with Crippen LogP contribution in [0.4, 0.5) is 5.69 Å². The number of nitrogens with one attached hydrogen (secondary N) is 2. The zero-order valence-electron chi connectivity index (χ0n) is 17.8. The number of fused-ring (bicyclic) bond motifs is 2. The monoisotopic (exact) mass is 449 g/mol. The normalized spacial score (nSPS) is 13.6. The van der Waals surface area contributed by atoms with Gasteiger partial charge in [-0.2, -0.15) is 0 Å². The smallest absolute Gasteiger partial charge is 0.228 e. The molecule has 1 aliphatic heterocycles. The van der Waals surface area contributed by atoms with Crippen molar-refractivity contribution in [1.82, 2.24) is 19.7 Å². The molecule has 2 aromatic carbocycles. The van der Waals surface area contributed by atoms with Gasteiger partial charge < -0.3 is 19.6 Å². The van der Waals surface area contributed by atoms with E-state index < -0.39 is 0 Å². The van der Waals surface area contributed by atoms with Gasteiger partial charge in [-0.15, -0.1) is 10.2 Å². The van der Waals surface area contributed by atoms with Gasteiger partial charge in [-0.05, 0) is 54.8 Å². The maximum Gasteiger partial charge on any atom is 0.228 e. The molecule has 1 amide bonds. The van der Waals surface area contributed by atoms with E-state index in [9.17, 15) is 4.79 Å². The number of aromatic amines is 1. The third-order valence-electron chi connectivity index (χ3n) is 5.93. The number of carbonyl (C=O) groups excluding carboxylic acids is 1. The summed E-state index contributed by atoms with van der Waals surface area (Å²) < 4.78 is 7.47. The Morgan fingerprint density at radius 3 is 2.97 bits per heavy atom. The van der Waals surface area contributed by atoms with E-state index in [2.05, 4.69) is 25.1 Å². The molecule has 0 atom stereocenters. The van der Waals surface area contributed by atoms with Crippen molar-refractivity contribution < 1.29 is 9.53 Å². The molecular weight excluding hydrogens is 426 g/mol.